The van der Waals surface area contributed by atoms with E-state index < -0.39 is 0 Å². The average Bonchev–Trinajstić information content (AvgIpc) is 3.16. The standard InChI is InChI=1S/C17H29N3OS.2ClH/c1-3-20(4-2)16(14-8-9-22-12-14)11-19-17(21)10-13-6-5-7-15(13)18;;/h8-9,12-13,15-16H,3-7,10-11,18H2,1-2H3,(H,19,21);2*1H/t13-,15+,16?;;/m0../s1. The van der Waals surface area contributed by atoms with Crippen LogP contribution in [0.25, 0.3) is 0 Å². The smallest absolute Gasteiger partial charge is 0.220 e. The summed E-state index contributed by atoms with van der Waals surface area (Å²) in [5, 5.41) is 7.42. The summed E-state index contributed by atoms with van der Waals surface area (Å²) in [4.78, 5) is 14.6. The topological polar surface area (TPSA) is 58.4 Å². The van der Waals surface area contributed by atoms with E-state index in [-0.39, 0.29) is 42.8 Å². The van der Waals surface area contributed by atoms with Gasteiger partial charge < -0.3 is 11.1 Å². The first kappa shape index (κ1) is 23.7. The third-order valence-electron chi connectivity index (χ3n) is 4.84. The number of thiophene rings is 1. The van der Waals surface area contributed by atoms with Crippen molar-refractivity contribution in [1.82, 2.24) is 10.2 Å². The minimum absolute atomic E-state index is 0. The maximum Gasteiger partial charge on any atom is 0.220 e. The van der Waals surface area contributed by atoms with Crippen LogP contribution in [0.5, 0.6) is 0 Å². The zero-order chi connectivity index (χ0) is 15.9. The predicted molar refractivity (Wildman–Crippen MR) is 107 cm³/mol. The lowest BCUT2D eigenvalue weighted by molar-refractivity contribution is -0.122. The molecule has 1 fully saturated rings. The van der Waals surface area contributed by atoms with Crippen LogP contribution in [-0.4, -0.2) is 36.5 Å². The van der Waals surface area contributed by atoms with Crippen molar-refractivity contribution in [2.24, 2.45) is 11.7 Å². The van der Waals surface area contributed by atoms with Gasteiger partial charge in [0.2, 0.25) is 5.91 Å². The van der Waals surface area contributed by atoms with Gasteiger partial charge in [-0.1, -0.05) is 20.3 Å². The summed E-state index contributed by atoms with van der Waals surface area (Å²) in [6.07, 6.45) is 3.90. The fourth-order valence-electron chi connectivity index (χ4n) is 3.43. The highest BCUT2D eigenvalue weighted by atomic mass is 35.5. The van der Waals surface area contributed by atoms with Gasteiger partial charge in [0.05, 0.1) is 6.04 Å². The Labute approximate surface area is 162 Å². The van der Waals surface area contributed by atoms with E-state index in [0.717, 1.165) is 32.4 Å². The molecule has 0 aliphatic heterocycles. The molecule has 1 aliphatic rings. The predicted octanol–water partition coefficient (Wildman–Crippen LogP) is 3.61. The molecule has 0 aromatic carbocycles. The van der Waals surface area contributed by atoms with Crippen molar-refractivity contribution in [3.8, 4) is 0 Å². The maximum absolute atomic E-state index is 12.2. The number of halogens is 2. The van der Waals surface area contributed by atoms with Gasteiger partial charge in [0.25, 0.3) is 0 Å². The summed E-state index contributed by atoms with van der Waals surface area (Å²) in [6, 6.07) is 2.64. The summed E-state index contributed by atoms with van der Waals surface area (Å²) in [5.74, 6) is 0.516. The molecule has 4 nitrogen and oxygen atoms in total. The zero-order valence-corrected chi connectivity index (χ0v) is 17.0. The van der Waals surface area contributed by atoms with Gasteiger partial charge in [-0.2, -0.15) is 11.3 Å². The Bertz CT molecular complexity index is 455. The summed E-state index contributed by atoms with van der Waals surface area (Å²) in [6.45, 7) is 6.99. The molecule has 1 amide bonds. The van der Waals surface area contributed by atoms with E-state index in [4.69, 9.17) is 5.73 Å². The van der Waals surface area contributed by atoms with Crippen molar-refractivity contribution in [3.05, 3.63) is 22.4 Å². The lowest BCUT2D eigenvalue weighted by Gasteiger charge is -2.29. The van der Waals surface area contributed by atoms with Crippen LogP contribution in [0.2, 0.25) is 0 Å². The second-order valence-electron chi connectivity index (χ2n) is 6.16. The quantitative estimate of drug-likeness (QED) is 0.706. The molecule has 0 radical (unpaired) electrons. The second-order valence-corrected chi connectivity index (χ2v) is 6.94. The molecule has 0 spiro atoms. The lowest BCUT2D eigenvalue weighted by Crippen LogP contribution is -2.39. The van der Waals surface area contributed by atoms with Crippen LogP contribution in [0, 0.1) is 5.92 Å². The summed E-state index contributed by atoms with van der Waals surface area (Å²) < 4.78 is 0. The van der Waals surface area contributed by atoms with Gasteiger partial charge in [-0.25, -0.2) is 0 Å². The molecule has 1 unspecified atom stereocenters. The van der Waals surface area contributed by atoms with Crippen LogP contribution >= 0.6 is 36.2 Å². The number of rotatable bonds is 8. The number of carbonyl (C=O) groups excluding carboxylic acids is 1. The highest BCUT2D eigenvalue weighted by Crippen LogP contribution is 2.27. The molecule has 1 saturated carbocycles. The van der Waals surface area contributed by atoms with Gasteiger partial charge in [0.15, 0.2) is 0 Å². The van der Waals surface area contributed by atoms with Gasteiger partial charge in [-0.15, -0.1) is 24.8 Å². The number of carbonyl (C=O) groups is 1. The summed E-state index contributed by atoms with van der Waals surface area (Å²) in [5.41, 5.74) is 7.36. The average molecular weight is 396 g/mol. The first-order valence-corrected chi connectivity index (χ1v) is 9.38. The molecule has 2 rings (SSSR count). The first-order valence-electron chi connectivity index (χ1n) is 8.44. The molecule has 24 heavy (non-hydrogen) atoms. The van der Waals surface area contributed by atoms with E-state index >= 15 is 0 Å². The summed E-state index contributed by atoms with van der Waals surface area (Å²) >= 11 is 1.71. The van der Waals surface area contributed by atoms with Gasteiger partial charge >= 0.3 is 0 Å². The van der Waals surface area contributed by atoms with Crippen LogP contribution in [-0.2, 0) is 4.79 Å². The Morgan fingerprint density at radius 1 is 1.38 bits per heavy atom. The molecule has 1 aliphatic carbocycles. The third-order valence-corrected chi connectivity index (χ3v) is 5.54. The monoisotopic (exact) mass is 395 g/mol. The number of hydrogen-bond donors (Lipinski definition) is 2. The van der Waals surface area contributed by atoms with E-state index in [2.05, 4.69) is 40.9 Å². The van der Waals surface area contributed by atoms with Crippen molar-refractivity contribution in [2.75, 3.05) is 19.6 Å². The van der Waals surface area contributed by atoms with Crippen LogP contribution in [0.3, 0.4) is 0 Å². The van der Waals surface area contributed by atoms with Crippen LogP contribution in [0.1, 0.15) is 51.1 Å². The van der Waals surface area contributed by atoms with Gasteiger partial charge in [-0.3, -0.25) is 9.69 Å². The number of amides is 1. The molecule has 3 atom stereocenters. The van der Waals surface area contributed by atoms with Crippen LogP contribution in [0.15, 0.2) is 16.8 Å². The second kappa shape index (κ2) is 12.1. The zero-order valence-electron chi connectivity index (χ0n) is 14.6. The lowest BCUT2D eigenvalue weighted by atomic mass is 10.00. The normalized spacial score (nSPS) is 21.0. The molecule has 140 valence electrons. The summed E-state index contributed by atoms with van der Waals surface area (Å²) in [7, 11) is 0. The molecular weight excluding hydrogens is 365 g/mol. The van der Waals surface area contributed by atoms with E-state index in [1.807, 2.05) is 0 Å². The maximum atomic E-state index is 12.2. The Morgan fingerprint density at radius 2 is 2.08 bits per heavy atom. The van der Waals surface area contributed by atoms with E-state index in [0.29, 0.717) is 18.9 Å². The van der Waals surface area contributed by atoms with Crippen molar-refractivity contribution in [3.63, 3.8) is 0 Å². The minimum Gasteiger partial charge on any atom is -0.354 e. The SMILES string of the molecule is CCN(CC)C(CNC(=O)C[C@@H]1CCC[C@H]1N)c1ccsc1.Cl.Cl. The van der Waals surface area contributed by atoms with Gasteiger partial charge in [-0.05, 0) is 54.2 Å². The number of hydrogen-bond acceptors (Lipinski definition) is 4. The number of nitrogens with two attached hydrogens (primary N) is 1. The van der Waals surface area contributed by atoms with Crippen LogP contribution < -0.4 is 11.1 Å². The fraction of sp³-hybridized carbons (Fsp3) is 0.706. The number of likely N-dealkylation sites (N-methyl/N-ethyl adjacent to an activating group) is 1. The van der Waals surface area contributed by atoms with Crippen molar-refractivity contribution >= 4 is 42.1 Å². The molecule has 3 N–H and O–H groups in total. The van der Waals surface area contributed by atoms with Crippen LogP contribution in [0.4, 0.5) is 0 Å². The van der Waals surface area contributed by atoms with Gasteiger partial charge in [0, 0.05) is 19.0 Å². The molecule has 0 saturated heterocycles. The fourth-order valence-corrected chi connectivity index (χ4v) is 4.13. The van der Waals surface area contributed by atoms with Gasteiger partial charge in [0.1, 0.15) is 0 Å². The largest absolute Gasteiger partial charge is 0.354 e. The molecule has 0 bridgehead atoms. The molecular formula is C17H31Cl2N3OS. The van der Waals surface area contributed by atoms with Crippen molar-refractivity contribution in [1.29, 1.82) is 0 Å². The van der Waals surface area contributed by atoms with E-state index in [1.54, 1.807) is 11.3 Å². The number of nitrogens with zero attached hydrogens (tertiary/aromatic N) is 1. The Kier molecular flexibility index (Phi) is 11.9. The third kappa shape index (κ3) is 6.52. The van der Waals surface area contributed by atoms with E-state index in [9.17, 15) is 4.79 Å². The minimum atomic E-state index is 0. The number of nitrogens with one attached hydrogen (secondary N) is 1. The van der Waals surface area contributed by atoms with E-state index in [1.165, 1.54) is 5.56 Å². The first-order chi connectivity index (χ1) is 10.7. The molecule has 1 heterocycles. The highest BCUT2D eigenvalue weighted by Gasteiger charge is 2.26. The molecule has 1 aromatic rings. The molecule has 7 heteroatoms. The highest BCUT2D eigenvalue weighted by molar-refractivity contribution is 7.07. The van der Waals surface area contributed by atoms with Crippen molar-refractivity contribution < 1.29 is 4.79 Å². The Hall–Kier alpha value is -0.330. The van der Waals surface area contributed by atoms with Crippen molar-refractivity contribution in [2.45, 2.75) is 51.6 Å². The Balaban J connectivity index is 0.00000264. The Morgan fingerprint density at radius 3 is 2.58 bits per heavy atom. The molecule has 1 aromatic heterocycles.